The predicted octanol–water partition coefficient (Wildman–Crippen LogP) is 2.91. The van der Waals surface area contributed by atoms with Crippen molar-refractivity contribution in [3.05, 3.63) is 77.9 Å². The van der Waals surface area contributed by atoms with E-state index in [2.05, 4.69) is 6.58 Å². The van der Waals surface area contributed by atoms with Crippen LogP contribution in [0.5, 0.6) is 5.75 Å². The Hall–Kier alpha value is -2.92. The summed E-state index contributed by atoms with van der Waals surface area (Å²) in [6.07, 6.45) is 1.55. The van der Waals surface area contributed by atoms with Gasteiger partial charge in [-0.25, -0.2) is 4.79 Å². The Morgan fingerprint density at radius 1 is 1.04 bits per heavy atom. The average Bonchev–Trinajstić information content (AvgIpc) is 2.67. The van der Waals surface area contributed by atoms with Crippen LogP contribution in [0, 0.1) is 0 Å². The minimum atomic E-state index is -0.490. The van der Waals surface area contributed by atoms with Gasteiger partial charge in [0.1, 0.15) is 5.75 Å². The number of rotatable bonds is 9. The van der Waals surface area contributed by atoms with Crippen LogP contribution in [0.4, 0.5) is 0 Å². The van der Waals surface area contributed by atoms with Crippen LogP contribution >= 0.6 is 0 Å². The van der Waals surface area contributed by atoms with Gasteiger partial charge in [0.05, 0.1) is 25.4 Å². The number of aliphatic hydroxyl groups is 1. The molecule has 0 unspecified atom stereocenters. The number of carbonyl (C=O) groups excluding carboxylic acids is 2. The molecule has 0 saturated carbocycles. The molecule has 0 saturated heterocycles. The molecule has 1 N–H and O–H groups in total. The molecule has 0 amide bonds. The van der Waals surface area contributed by atoms with Crippen molar-refractivity contribution in [2.24, 2.45) is 0 Å². The molecule has 2 aromatic rings. The lowest BCUT2D eigenvalue weighted by Crippen LogP contribution is -2.11. The maximum Gasteiger partial charge on any atom is 0.330 e. The summed E-state index contributed by atoms with van der Waals surface area (Å²) in [5.74, 6) is -0.311. The molecule has 5 heteroatoms. The van der Waals surface area contributed by atoms with Crippen LogP contribution in [0.1, 0.15) is 27.9 Å². The molecule has 0 spiro atoms. The second-order valence-corrected chi connectivity index (χ2v) is 5.22. The van der Waals surface area contributed by atoms with Crippen molar-refractivity contribution >= 4 is 11.8 Å². The fourth-order valence-corrected chi connectivity index (χ4v) is 2.27. The Labute approximate surface area is 146 Å². The molecule has 0 radical (unpaired) electrons. The predicted molar refractivity (Wildman–Crippen MR) is 93.5 cm³/mol. The zero-order valence-electron chi connectivity index (χ0n) is 13.8. The van der Waals surface area contributed by atoms with Gasteiger partial charge in [-0.05, 0) is 6.07 Å². The summed E-state index contributed by atoms with van der Waals surface area (Å²) in [6.45, 7) is 3.51. The highest BCUT2D eigenvalue weighted by Crippen LogP contribution is 2.27. The largest absolute Gasteiger partial charge is 0.492 e. The zero-order chi connectivity index (χ0) is 18.1. The Morgan fingerprint density at radius 3 is 2.48 bits per heavy atom. The SMILES string of the molecule is C=CC(=O)OCCCOc1c(CO)cccc1C(=O)c1ccccc1. The topological polar surface area (TPSA) is 72.8 Å². The number of ether oxygens (including phenoxy) is 2. The highest BCUT2D eigenvalue weighted by Gasteiger charge is 2.17. The van der Waals surface area contributed by atoms with Crippen molar-refractivity contribution in [2.45, 2.75) is 13.0 Å². The number of hydrogen-bond acceptors (Lipinski definition) is 5. The second-order valence-electron chi connectivity index (χ2n) is 5.22. The number of carbonyl (C=O) groups is 2. The van der Waals surface area contributed by atoms with Gasteiger partial charge in [0.15, 0.2) is 5.78 Å². The molecular formula is C20H20O5. The molecule has 0 heterocycles. The summed E-state index contributed by atoms with van der Waals surface area (Å²) in [5.41, 5.74) is 1.47. The average molecular weight is 340 g/mol. The lowest BCUT2D eigenvalue weighted by Gasteiger charge is -2.14. The van der Waals surface area contributed by atoms with Crippen molar-refractivity contribution in [2.75, 3.05) is 13.2 Å². The Balaban J connectivity index is 2.12. The number of para-hydroxylation sites is 1. The fraction of sp³-hybridized carbons (Fsp3) is 0.200. The summed E-state index contributed by atoms with van der Waals surface area (Å²) in [7, 11) is 0. The smallest absolute Gasteiger partial charge is 0.330 e. The lowest BCUT2D eigenvalue weighted by atomic mass is 10.00. The van der Waals surface area contributed by atoms with E-state index in [1.54, 1.807) is 42.5 Å². The molecule has 0 aromatic heterocycles. The standard InChI is InChI=1S/C20H20O5/c1-2-18(22)24-12-7-13-25-20-16(14-21)10-6-11-17(20)19(23)15-8-4-3-5-9-15/h2-6,8-11,21H,1,7,12-14H2. The molecule has 0 fully saturated rings. The van der Waals surface area contributed by atoms with Gasteiger partial charge in [0, 0.05) is 23.6 Å². The molecule has 0 atom stereocenters. The van der Waals surface area contributed by atoms with Crippen LogP contribution in [0.2, 0.25) is 0 Å². The third-order valence-corrected chi connectivity index (χ3v) is 3.49. The Bertz CT molecular complexity index is 737. The van der Waals surface area contributed by atoms with Crippen LogP contribution in [0.15, 0.2) is 61.2 Å². The molecule has 0 aliphatic heterocycles. The summed E-state index contributed by atoms with van der Waals surface area (Å²) in [6, 6.07) is 14.0. The fourth-order valence-electron chi connectivity index (χ4n) is 2.27. The van der Waals surface area contributed by atoms with Crippen molar-refractivity contribution in [3.63, 3.8) is 0 Å². The van der Waals surface area contributed by atoms with E-state index in [1.807, 2.05) is 6.07 Å². The van der Waals surface area contributed by atoms with Crippen LogP contribution in [0.3, 0.4) is 0 Å². The highest BCUT2D eigenvalue weighted by molar-refractivity contribution is 6.10. The normalized spacial score (nSPS) is 10.1. The van der Waals surface area contributed by atoms with E-state index < -0.39 is 5.97 Å². The number of hydrogen-bond donors (Lipinski definition) is 1. The Kier molecular flexibility index (Phi) is 6.92. The van der Waals surface area contributed by atoms with Gasteiger partial charge >= 0.3 is 5.97 Å². The van der Waals surface area contributed by atoms with Gasteiger partial charge in [0.2, 0.25) is 0 Å². The quantitative estimate of drug-likeness (QED) is 0.329. The monoisotopic (exact) mass is 340 g/mol. The molecule has 130 valence electrons. The van der Waals surface area contributed by atoms with Gasteiger partial charge in [-0.15, -0.1) is 0 Å². The van der Waals surface area contributed by atoms with Crippen molar-refractivity contribution in [3.8, 4) is 5.75 Å². The third-order valence-electron chi connectivity index (χ3n) is 3.49. The minimum absolute atomic E-state index is 0.177. The van der Waals surface area contributed by atoms with Crippen LogP contribution in [-0.2, 0) is 16.1 Å². The third kappa shape index (κ3) is 5.02. The van der Waals surface area contributed by atoms with E-state index in [4.69, 9.17) is 9.47 Å². The van der Waals surface area contributed by atoms with Crippen LogP contribution in [-0.4, -0.2) is 30.1 Å². The van der Waals surface area contributed by atoms with E-state index in [0.717, 1.165) is 6.08 Å². The first-order chi connectivity index (χ1) is 12.2. The minimum Gasteiger partial charge on any atom is -0.492 e. The maximum atomic E-state index is 12.7. The molecule has 0 aliphatic rings. The number of esters is 1. The zero-order valence-corrected chi connectivity index (χ0v) is 13.8. The van der Waals surface area contributed by atoms with E-state index in [9.17, 15) is 14.7 Å². The summed E-state index contributed by atoms with van der Waals surface area (Å²) in [4.78, 5) is 23.7. The second kappa shape index (κ2) is 9.39. The maximum absolute atomic E-state index is 12.7. The molecule has 0 bridgehead atoms. The lowest BCUT2D eigenvalue weighted by molar-refractivity contribution is -0.137. The highest BCUT2D eigenvalue weighted by atomic mass is 16.5. The molecule has 2 rings (SSSR count). The molecule has 5 nitrogen and oxygen atoms in total. The number of benzene rings is 2. The number of aliphatic hydroxyl groups excluding tert-OH is 1. The molecule has 0 aliphatic carbocycles. The first-order valence-corrected chi connectivity index (χ1v) is 7.92. The number of ketones is 1. The summed E-state index contributed by atoms with van der Waals surface area (Å²) >= 11 is 0. The van der Waals surface area contributed by atoms with E-state index in [0.29, 0.717) is 28.9 Å². The first kappa shape index (κ1) is 18.4. The van der Waals surface area contributed by atoms with E-state index >= 15 is 0 Å². The molecule has 25 heavy (non-hydrogen) atoms. The van der Waals surface area contributed by atoms with Gasteiger partial charge in [-0.2, -0.15) is 0 Å². The van der Waals surface area contributed by atoms with Gasteiger partial charge in [-0.1, -0.05) is 49.0 Å². The first-order valence-electron chi connectivity index (χ1n) is 7.92. The molecular weight excluding hydrogens is 320 g/mol. The van der Waals surface area contributed by atoms with Crippen molar-refractivity contribution in [1.82, 2.24) is 0 Å². The Morgan fingerprint density at radius 2 is 1.80 bits per heavy atom. The van der Waals surface area contributed by atoms with E-state index in [-0.39, 0.29) is 25.6 Å². The van der Waals surface area contributed by atoms with Gasteiger partial charge in [0.25, 0.3) is 0 Å². The van der Waals surface area contributed by atoms with Gasteiger partial charge in [-0.3, -0.25) is 4.79 Å². The van der Waals surface area contributed by atoms with Crippen LogP contribution < -0.4 is 4.74 Å². The van der Waals surface area contributed by atoms with Gasteiger partial charge < -0.3 is 14.6 Å². The molecule has 2 aromatic carbocycles. The summed E-state index contributed by atoms with van der Waals surface area (Å²) < 4.78 is 10.6. The van der Waals surface area contributed by atoms with E-state index in [1.165, 1.54) is 0 Å². The van der Waals surface area contributed by atoms with Crippen molar-refractivity contribution in [1.29, 1.82) is 0 Å². The van der Waals surface area contributed by atoms with Crippen molar-refractivity contribution < 1.29 is 24.2 Å². The van der Waals surface area contributed by atoms with Crippen LogP contribution in [0.25, 0.3) is 0 Å². The summed E-state index contributed by atoms with van der Waals surface area (Å²) in [5, 5.41) is 9.53.